The third-order valence-electron chi connectivity index (χ3n) is 9.11. The summed E-state index contributed by atoms with van der Waals surface area (Å²) in [6.07, 6.45) is 2.11. The third-order valence-corrected chi connectivity index (χ3v) is 9.11. The molecule has 3 unspecified atom stereocenters. The molecule has 2 fully saturated rings. The Morgan fingerprint density at radius 2 is 1.50 bits per heavy atom. The molecule has 3 N–H and O–H groups in total. The van der Waals surface area contributed by atoms with Gasteiger partial charge in [0.1, 0.15) is 5.54 Å². The van der Waals surface area contributed by atoms with Crippen LogP contribution >= 0.6 is 0 Å². The first-order chi connectivity index (χ1) is 18.2. The Hall–Kier alpha value is -4.60. The fourth-order valence-corrected chi connectivity index (χ4v) is 7.29. The van der Waals surface area contributed by atoms with Crippen LogP contribution in [0.25, 0.3) is 21.8 Å². The standard InChI is InChI=1S/C28H27N7O3/c1-32-23(36)27(34(3)25(32)29)13-17-15-9-6-8-12-20(15)31-22(17)28(24(37)33(2)26(38)35(28)4)21(27)18-14-30-19-11-7-5-10-16(18)19/h5-12,14,21,29-31H,13H2,1-4H3. The van der Waals surface area contributed by atoms with Crippen molar-refractivity contribution in [3.05, 3.63) is 71.5 Å². The van der Waals surface area contributed by atoms with Crippen molar-refractivity contribution in [2.75, 3.05) is 28.2 Å². The summed E-state index contributed by atoms with van der Waals surface area (Å²) in [5.41, 5.74) is 0.959. The number of H-pyrrole nitrogens is 2. The number of imide groups is 1. The van der Waals surface area contributed by atoms with E-state index >= 15 is 0 Å². The molecule has 2 spiro atoms. The van der Waals surface area contributed by atoms with Crippen LogP contribution in [-0.2, 0) is 21.5 Å². The van der Waals surface area contributed by atoms with Crippen molar-refractivity contribution in [2.45, 2.75) is 23.4 Å². The minimum Gasteiger partial charge on any atom is -0.361 e. The number of likely N-dealkylation sites (N-methyl/N-ethyl adjacent to an activating group) is 4. The molecule has 4 amide bonds. The number of aromatic nitrogens is 2. The van der Waals surface area contributed by atoms with Gasteiger partial charge in [-0.2, -0.15) is 0 Å². The number of carbonyl (C=O) groups excluding carboxylic acids is 3. The Kier molecular flexibility index (Phi) is 4.18. The van der Waals surface area contributed by atoms with Gasteiger partial charge in [-0.1, -0.05) is 36.4 Å². The SMILES string of the molecule is CN1C(=N)N(C)C2(Cc3c([nH]c4ccccc34)C3(C(=O)N(C)C(=O)N3C)C2c2c[nH]c3ccccc23)C1=O. The van der Waals surface area contributed by atoms with Crippen molar-refractivity contribution in [2.24, 2.45) is 0 Å². The molecule has 4 heterocycles. The van der Waals surface area contributed by atoms with Crippen LogP contribution in [0.3, 0.4) is 0 Å². The van der Waals surface area contributed by atoms with E-state index in [1.165, 1.54) is 16.8 Å². The molecule has 0 bridgehead atoms. The van der Waals surface area contributed by atoms with Crippen molar-refractivity contribution in [1.82, 2.24) is 29.6 Å². The number of amides is 4. The van der Waals surface area contributed by atoms with Crippen LogP contribution in [0.2, 0.25) is 0 Å². The summed E-state index contributed by atoms with van der Waals surface area (Å²) in [7, 11) is 6.45. The summed E-state index contributed by atoms with van der Waals surface area (Å²) < 4.78 is 0. The number of para-hydroxylation sites is 2. The van der Waals surface area contributed by atoms with Crippen molar-refractivity contribution in [1.29, 1.82) is 5.41 Å². The molecule has 7 rings (SSSR count). The van der Waals surface area contributed by atoms with E-state index in [1.54, 1.807) is 26.0 Å². The van der Waals surface area contributed by atoms with Crippen LogP contribution in [0, 0.1) is 5.41 Å². The molecule has 2 saturated heterocycles. The number of aromatic amines is 2. The van der Waals surface area contributed by atoms with Crippen LogP contribution in [-0.4, -0.2) is 87.1 Å². The summed E-state index contributed by atoms with van der Waals surface area (Å²) in [5, 5.41) is 10.6. The molecule has 3 aliphatic rings. The van der Waals surface area contributed by atoms with Gasteiger partial charge in [0.2, 0.25) is 5.96 Å². The maximum atomic E-state index is 14.5. The first-order valence-corrected chi connectivity index (χ1v) is 12.5. The number of rotatable bonds is 1. The summed E-state index contributed by atoms with van der Waals surface area (Å²) in [6, 6.07) is 15.0. The van der Waals surface area contributed by atoms with Crippen LogP contribution in [0.1, 0.15) is 22.7 Å². The zero-order valence-corrected chi connectivity index (χ0v) is 21.5. The zero-order chi connectivity index (χ0) is 26.7. The average molecular weight is 510 g/mol. The fourth-order valence-electron chi connectivity index (χ4n) is 7.29. The highest BCUT2D eigenvalue weighted by atomic mass is 16.2. The van der Waals surface area contributed by atoms with Gasteiger partial charge in [-0.25, -0.2) is 4.79 Å². The molecule has 3 atom stereocenters. The number of benzene rings is 2. The summed E-state index contributed by atoms with van der Waals surface area (Å²) >= 11 is 0. The lowest BCUT2D eigenvalue weighted by molar-refractivity contribution is -0.142. The van der Waals surface area contributed by atoms with E-state index in [4.69, 9.17) is 5.41 Å². The van der Waals surface area contributed by atoms with Gasteiger partial charge in [0.05, 0.1) is 11.6 Å². The number of nitrogens with zero attached hydrogens (tertiary/aromatic N) is 4. The second kappa shape index (κ2) is 7.03. The number of urea groups is 1. The molecular weight excluding hydrogens is 482 g/mol. The van der Waals surface area contributed by atoms with Crippen LogP contribution in [0.4, 0.5) is 4.79 Å². The molecule has 192 valence electrons. The van der Waals surface area contributed by atoms with Crippen molar-refractivity contribution >= 4 is 45.6 Å². The van der Waals surface area contributed by atoms with Gasteiger partial charge in [-0.05, 0) is 23.3 Å². The van der Waals surface area contributed by atoms with Crippen LogP contribution in [0.15, 0.2) is 54.7 Å². The predicted molar refractivity (Wildman–Crippen MR) is 142 cm³/mol. The number of nitrogens with one attached hydrogen (secondary N) is 3. The van der Waals surface area contributed by atoms with E-state index in [9.17, 15) is 14.4 Å². The quantitative estimate of drug-likeness (QED) is 0.342. The lowest BCUT2D eigenvalue weighted by atomic mass is 9.58. The Bertz CT molecular complexity index is 1740. The zero-order valence-electron chi connectivity index (χ0n) is 21.5. The van der Waals surface area contributed by atoms with E-state index in [0.717, 1.165) is 37.8 Å². The molecule has 0 saturated carbocycles. The van der Waals surface area contributed by atoms with Gasteiger partial charge in [-0.3, -0.25) is 24.8 Å². The van der Waals surface area contributed by atoms with Crippen molar-refractivity contribution < 1.29 is 14.4 Å². The topological polar surface area (TPSA) is 120 Å². The van der Waals surface area contributed by atoms with Gasteiger partial charge in [-0.15, -0.1) is 0 Å². The van der Waals surface area contributed by atoms with Crippen LogP contribution in [0.5, 0.6) is 0 Å². The monoisotopic (exact) mass is 509 g/mol. The Balaban J connectivity index is 1.69. The van der Waals surface area contributed by atoms with Crippen LogP contribution < -0.4 is 0 Å². The predicted octanol–water partition coefficient (Wildman–Crippen LogP) is 2.79. The minimum absolute atomic E-state index is 0.0473. The average Bonchev–Trinajstić information content (AvgIpc) is 3.61. The van der Waals surface area contributed by atoms with E-state index in [2.05, 4.69) is 9.97 Å². The van der Waals surface area contributed by atoms with Gasteiger partial charge < -0.3 is 19.8 Å². The largest absolute Gasteiger partial charge is 0.361 e. The fraction of sp³-hybridized carbons (Fsp3) is 0.286. The summed E-state index contributed by atoms with van der Waals surface area (Å²) in [4.78, 5) is 55.0. The lowest BCUT2D eigenvalue weighted by Gasteiger charge is -2.53. The molecule has 4 aromatic rings. The van der Waals surface area contributed by atoms with Gasteiger partial charge >= 0.3 is 6.03 Å². The molecule has 1 aliphatic carbocycles. The van der Waals surface area contributed by atoms with E-state index in [0.29, 0.717) is 5.69 Å². The molecule has 38 heavy (non-hydrogen) atoms. The smallest absolute Gasteiger partial charge is 0.327 e. The first-order valence-electron chi connectivity index (χ1n) is 12.5. The summed E-state index contributed by atoms with van der Waals surface area (Å²) in [5.74, 6) is -1.47. The third kappa shape index (κ3) is 2.26. The van der Waals surface area contributed by atoms with Gasteiger partial charge in [0.25, 0.3) is 11.8 Å². The Labute approximate surface area is 218 Å². The number of fused-ring (bicyclic) bond motifs is 5. The molecule has 0 radical (unpaired) electrons. The normalized spacial score (nSPS) is 27.3. The Morgan fingerprint density at radius 1 is 0.842 bits per heavy atom. The summed E-state index contributed by atoms with van der Waals surface area (Å²) in [6.45, 7) is 0. The molecular formula is C28H27N7O3. The molecule has 2 aromatic heterocycles. The number of guanidine groups is 1. The van der Waals surface area contributed by atoms with E-state index in [1.807, 2.05) is 54.7 Å². The highest BCUT2D eigenvalue weighted by Gasteiger charge is 2.74. The Morgan fingerprint density at radius 3 is 2.13 bits per heavy atom. The van der Waals surface area contributed by atoms with Crippen molar-refractivity contribution in [3.8, 4) is 0 Å². The minimum atomic E-state index is -1.56. The first kappa shape index (κ1) is 22.6. The van der Waals surface area contributed by atoms with Gasteiger partial charge in [0.15, 0.2) is 5.54 Å². The second-order valence-electron chi connectivity index (χ2n) is 10.6. The number of carbonyl (C=O) groups is 3. The highest BCUT2D eigenvalue weighted by molar-refractivity contribution is 6.14. The second-order valence-corrected chi connectivity index (χ2v) is 10.6. The highest BCUT2D eigenvalue weighted by Crippen LogP contribution is 2.61. The number of hydrogen-bond acceptors (Lipinski definition) is 4. The molecule has 2 aromatic carbocycles. The maximum absolute atomic E-state index is 14.5. The lowest BCUT2D eigenvalue weighted by Crippen LogP contribution is -2.67. The number of hydrogen-bond donors (Lipinski definition) is 3. The van der Waals surface area contributed by atoms with Gasteiger partial charge in [0, 0.05) is 62.6 Å². The molecule has 10 nitrogen and oxygen atoms in total. The maximum Gasteiger partial charge on any atom is 0.327 e. The van der Waals surface area contributed by atoms with Crippen molar-refractivity contribution in [3.63, 3.8) is 0 Å². The van der Waals surface area contributed by atoms with E-state index < -0.39 is 28.9 Å². The van der Waals surface area contributed by atoms with E-state index in [-0.39, 0.29) is 18.3 Å². The molecule has 10 heteroatoms. The molecule has 2 aliphatic heterocycles.